The van der Waals surface area contributed by atoms with E-state index in [0.717, 1.165) is 18.2 Å². The number of halogens is 2. The number of hydrogen-bond acceptors (Lipinski definition) is 5. The standard InChI is InChI=1S/C16H12F2N4O3/c17-12-2-1-9(6-13(12)18)15-11(5-10(7-19)16(24)25)8-22(21-15)4-3-14(20)23/h1-2,5-6,8H,3-4H2,(H2,20,23)(H,24,25)/p-1/b10-5+. The first-order valence-corrected chi connectivity index (χ1v) is 6.96. The molecule has 0 fully saturated rings. The summed E-state index contributed by atoms with van der Waals surface area (Å²) in [6.45, 7) is 0.0903. The van der Waals surface area contributed by atoms with E-state index in [4.69, 9.17) is 11.0 Å². The minimum Gasteiger partial charge on any atom is -0.544 e. The molecule has 0 bridgehead atoms. The van der Waals surface area contributed by atoms with E-state index in [2.05, 4.69) is 5.10 Å². The van der Waals surface area contributed by atoms with Crippen molar-refractivity contribution in [2.75, 3.05) is 0 Å². The maximum absolute atomic E-state index is 13.5. The zero-order chi connectivity index (χ0) is 18.6. The fourth-order valence-electron chi connectivity index (χ4n) is 2.04. The van der Waals surface area contributed by atoms with Crippen molar-refractivity contribution in [1.29, 1.82) is 5.26 Å². The van der Waals surface area contributed by atoms with Gasteiger partial charge in [0.2, 0.25) is 5.91 Å². The second kappa shape index (κ2) is 7.35. The Morgan fingerprint density at radius 2 is 2.08 bits per heavy atom. The van der Waals surface area contributed by atoms with E-state index in [9.17, 15) is 23.5 Å². The number of rotatable bonds is 6. The van der Waals surface area contributed by atoms with Gasteiger partial charge in [0.15, 0.2) is 11.6 Å². The first kappa shape index (κ1) is 17.8. The van der Waals surface area contributed by atoms with Crippen LogP contribution in [0.15, 0.2) is 30.0 Å². The summed E-state index contributed by atoms with van der Waals surface area (Å²) in [6, 6.07) is 4.49. The Bertz CT molecular complexity index is 913. The monoisotopic (exact) mass is 345 g/mol. The Kier molecular flexibility index (Phi) is 5.24. The summed E-state index contributed by atoms with van der Waals surface area (Å²) in [4.78, 5) is 21.8. The molecule has 0 saturated carbocycles. The Morgan fingerprint density at radius 1 is 1.36 bits per heavy atom. The molecular weight excluding hydrogens is 334 g/mol. The summed E-state index contributed by atoms with van der Waals surface area (Å²) in [6.07, 6.45) is 2.33. The highest BCUT2D eigenvalue weighted by molar-refractivity contribution is 5.96. The molecule has 0 aliphatic carbocycles. The minimum atomic E-state index is -1.69. The molecule has 2 aromatic rings. The number of carboxylic acid groups (broad SMARTS) is 1. The molecule has 7 nitrogen and oxygen atoms in total. The number of hydrogen-bond donors (Lipinski definition) is 1. The quantitative estimate of drug-likeness (QED) is 0.598. The van der Waals surface area contributed by atoms with Crippen LogP contribution < -0.4 is 10.8 Å². The van der Waals surface area contributed by atoms with Gasteiger partial charge in [0.1, 0.15) is 6.07 Å². The normalized spacial score (nSPS) is 11.2. The number of aliphatic carboxylic acids is 1. The molecule has 2 N–H and O–H groups in total. The van der Waals surface area contributed by atoms with Crippen LogP contribution in [0, 0.1) is 23.0 Å². The van der Waals surface area contributed by atoms with Crippen LogP contribution in [0.4, 0.5) is 8.78 Å². The van der Waals surface area contributed by atoms with Crippen molar-refractivity contribution in [1.82, 2.24) is 9.78 Å². The first-order valence-electron chi connectivity index (χ1n) is 6.96. The molecule has 1 amide bonds. The highest BCUT2D eigenvalue weighted by Gasteiger charge is 2.14. The SMILES string of the molecule is N#C/C(=C\c1cn(CCC(N)=O)nc1-c1ccc(F)c(F)c1)C(=O)[O-]. The van der Waals surface area contributed by atoms with Crippen LogP contribution in [0.25, 0.3) is 17.3 Å². The summed E-state index contributed by atoms with van der Waals surface area (Å²) in [7, 11) is 0. The second-order valence-corrected chi connectivity index (χ2v) is 5.00. The molecule has 2 rings (SSSR count). The summed E-state index contributed by atoms with van der Waals surface area (Å²) in [5.41, 5.74) is 4.83. The smallest absolute Gasteiger partial charge is 0.219 e. The summed E-state index contributed by atoms with van der Waals surface area (Å²) in [5, 5.41) is 23.9. The van der Waals surface area contributed by atoms with E-state index in [1.54, 1.807) is 0 Å². The van der Waals surface area contributed by atoms with Crippen LogP contribution in [-0.4, -0.2) is 21.7 Å². The third kappa shape index (κ3) is 4.26. The van der Waals surface area contributed by atoms with E-state index < -0.39 is 29.1 Å². The summed E-state index contributed by atoms with van der Waals surface area (Å²) >= 11 is 0. The van der Waals surface area contributed by atoms with Gasteiger partial charge in [0, 0.05) is 30.3 Å². The van der Waals surface area contributed by atoms with E-state index in [1.807, 2.05) is 0 Å². The van der Waals surface area contributed by atoms with Crippen LogP contribution in [-0.2, 0) is 16.1 Å². The zero-order valence-corrected chi connectivity index (χ0v) is 12.7. The van der Waals surface area contributed by atoms with E-state index in [0.29, 0.717) is 0 Å². The highest BCUT2D eigenvalue weighted by Crippen LogP contribution is 2.26. The molecule has 128 valence electrons. The number of amides is 1. The van der Waals surface area contributed by atoms with E-state index in [-0.39, 0.29) is 29.8 Å². The van der Waals surface area contributed by atoms with E-state index >= 15 is 0 Å². The van der Waals surface area contributed by atoms with Crippen molar-refractivity contribution in [3.05, 3.63) is 47.2 Å². The summed E-state index contributed by atoms with van der Waals surface area (Å²) in [5.74, 6) is -4.43. The highest BCUT2D eigenvalue weighted by atomic mass is 19.2. The number of carbonyl (C=O) groups excluding carboxylic acids is 2. The molecule has 0 atom stereocenters. The van der Waals surface area contributed by atoms with Crippen LogP contribution in [0.2, 0.25) is 0 Å². The van der Waals surface area contributed by atoms with Crippen LogP contribution in [0.5, 0.6) is 0 Å². The molecule has 9 heteroatoms. The number of carboxylic acids is 1. The molecule has 1 aromatic carbocycles. The largest absolute Gasteiger partial charge is 0.544 e. The number of nitriles is 1. The van der Waals surface area contributed by atoms with Gasteiger partial charge in [0.25, 0.3) is 0 Å². The lowest BCUT2D eigenvalue weighted by Gasteiger charge is -2.02. The molecule has 0 aliphatic heterocycles. The number of primary amides is 1. The first-order chi connectivity index (χ1) is 11.8. The number of aromatic nitrogens is 2. The van der Waals surface area contributed by atoms with Crippen molar-refractivity contribution in [3.8, 4) is 17.3 Å². The number of carbonyl (C=O) groups is 2. The lowest BCUT2D eigenvalue weighted by atomic mass is 10.1. The van der Waals surface area contributed by atoms with Crippen molar-refractivity contribution in [3.63, 3.8) is 0 Å². The van der Waals surface area contributed by atoms with Crippen molar-refractivity contribution >= 4 is 18.0 Å². The van der Waals surface area contributed by atoms with Gasteiger partial charge in [-0.25, -0.2) is 8.78 Å². The Balaban J connectivity index is 2.55. The fraction of sp³-hybridized carbons (Fsp3) is 0.125. The average molecular weight is 345 g/mol. The van der Waals surface area contributed by atoms with Crippen molar-refractivity contribution in [2.24, 2.45) is 5.73 Å². The lowest BCUT2D eigenvalue weighted by molar-refractivity contribution is -0.298. The number of nitrogens with two attached hydrogens (primary N) is 1. The van der Waals surface area contributed by atoms with Gasteiger partial charge in [-0.3, -0.25) is 9.48 Å². The summed E-state index contributed by atoms with van der Waals surface area (Å²) < 4.78 is 27.9. The van der Waals surface area contributed by atoms with Gasteiger partial charge in [-0.05, 0) is 24.3 Å². The van der Waals surface area contributed by atoms with Gasteiger partial charge >= 0.3 is 0 Å². The van der Waals surface area contributed by atoms with Gasteiger partial charge in [-0.1, -0.05) is 0 Å². The van der Waals surface area contributed by atoms with Gasteiger partial charge in [0.05, 0.1) is 17.2 Å². The van der Waals surface area contributed by atoms with Crippen LogP contribution in [0.3, 0.4) is 0 Å². The number of aryl methyl sites for hydroxylation is 1. The zero-order valence-electron chi connectivity index (χ0n) is 12.7. The van der Waals surface area contributed by atoms with Crippen molar-refractivity contribution < 1.29 is 23.5 Å². The topological polar surface area (TPSA) is 125 Å². The molecule has 0 spiro atoms. The molecule has 0 radical (unpaired) electrons. The molecular formula is C16H11F2N4O3-. The average Bonchev–Trinajstić information content (AvgIpc) is 2.96. The van der Waals surface area contributed by atoms with Crippen LogP contribution >= 0.6 is 0 Å². The third-order valence-electron chi connectivity index (χ3n) is 3.21. The van der Waals surface area contributed by atoms with E-state index in [1.165, 1.54) is 23.0 Å². The molecule has 0 aliphatic rings. The molecule has 0 saturated heterocycles. The maximum atomic E-state index is 13.5. The van der Waals surface area contributed by atoms with Gasteiger partial charge < -0.3 is 15.6 Å². The predicted molar refractivity (Wildman–Crippen MR) is 80.0 cm³/mol. The molecule has 1 aromatic heterocycles. The predicted octanol–water partition coefficient (Wildman–Crippen LogP) is 0.361. The second-order valence-electron chi connectivity index (χ2n) is 5.00. The van der Waals surface area contributed by atoms with Crippen LogP contribution in [0.1, 0.15) is 12.0 Å². The Hall–Kier alpha value is -3.54. The molecule has 1 heterocycles. The molecule has 25 heavy (non-hydrogen) atoms. The lowest BCUT2D eigenvalue weighted by Crippen LogP contribution is -2.23. The van der Waals surface area contributed by atoms with Crippen molar-refractivity contribution in [2.45, 2.75) is 13.0 Å². The number of nitrogens with zero attached hydrogens (tertiary/aromatic N) is 3. The van der Waals surface area contributed by atoms with Gasteiger partial charge in [-0.15, -0.1) is 0 Å². The Morgan fingerprint density at radius 3 is 2.64 bits per heavy atom. The Labute approximate surface area is 140 Å². The van der Waals surface area contributed by atoms with Gasteiger partial charge in [-0.2, -0.15) is 10.4 Å². The maximum Gasteiger partial charge on any atom is 0.219 e. The molecule has 0 unspecified atom stereocenters. The third-order valence-corrected chi connectivity index (χ3v) is 3.21. The fourth-order valence-corrected chi connectivity index (χ4v) is 2.04. The number of benzene rings is 1. The minimum absolute atomic E-state index is 0.0341.